The predicted molar refractivity (Wildman–Crippen MR) is 103 cm³/mol. The minimum atomic E-state index is -4.26. The largest absolute Gasteiger partial charge is 0.466 e. The molecule has 1 aliphatic rings. The average molecular weight is 444 g/mol. The topological polar surface area (TPSA) is 110 Å². The second-order valence-corrected chi connectivity index (χ2v) is 8.81. The molecule has 1 saturated heterocycles. The third kappa shape index (κ3) is 5.33. The number of ether oxygens (including phenoxy) is 2. The van der Waals surface area contributed by atoms with Crippen LogP contribution in [0.2, 0.25) is 0 Å². The van der Waals surface area contributed by atoms with Gasteiger partial charge in [0.2, 0.25) is 15.9 Å². The number of hydrogen-bond acceptors (Lipinski definition) is 7. The number of likely N-dealkylation sites (N-methyl/N-ethyl adjacent to an activating group) is 1. The SMILES string of the molecule is CCOC(=O)C1CCN(C(=O)CN(C)S(=O)(=O)c2ccc(F)cc2C(=O)OC)CC1. The van der Waals surface area contributed by atoms with Crippen molar-refractivity contribution in [1.82, 2.24) is 9.21 Å². The van der Waals surface area contributed by atoms with Crippen LogP contribution in [0.4, 0.5) is 4.39 Å². The van der Waals surface area contributed by atoms with Gasteiger partial charge in [-0.1, -0.05) is 0 Å². The molecule has 0 aliphatic carbocycles. The molecule has 0 radical (unpaired) electrons. The molecule has 1 aromatic carbocycles. The molecule has 1 aromatic rings. The van der Waals surface area contributed by atoms with Crippen LogP contribution in [0.5, 0.6) is 0 Å². The van der Waals surface area contributed by atoms with E-state index in [9.17, 15) is 27.2 Å². The number of esters is 2. The Bertz CT molecular complexity index is 911. The molecule has 0 N–H and O–H groups in total. The van der Waals surface area contributed by atoms with Crippen LogP contribution in [-0.4, -0.2) is 75.9 Å². The zero-order valence-electron chi connectivity index (χ0n) is 17.1. The lowest BCUT2D eigenvalue weighted by molar-refractivity contribution is -0.151. The van der Waals surface area contributed by atoms with Crippen LogP contribution in [0.3, 0.4) is 0 Å². The number of rotatable bonds is 7. The molecule has 0 spiro atoms. The molecule has 9 nitrogen and oxygen atoms in total. The first kappa shape index (κ1) is 23.7. The molecule has 1 fully saturated rings. The fraction of sp³-hybridized carbons (Fsp3) is 0.526. The number of amides is 1. The van der Waals surface area contributed by atoms with Crippen LogP contribution < -0.4 is 0 Å². The standard InChI is InChI=1S/C19H25FN2O7S/c1-4-29-18(24)13-7-9-22(10-8-13)17(23)12-21(2)30(26,27)16-6-5-14(20)11-15(16)19(25)28-3/h5-6,11,13H,4,7-10,12H2,1-3H3. The van der Waals surface area contributed by atoms with E-state index in [2.05, 4.69) is 4.74 Å². The maximum Gasteiger partial charge on any atom is 0.339 e. The molecule has 166 valence electrons. The minimum absolute atomic E-state index is 0.280. The molecule has 1 amide bonds. The van der Waals surface area contributed by atoms with E-state index >= 15 is 0 Å². The van der Waals surface area contributed by atoms with Gasteiger partial charge in [-0.05, 0) is 38.0 Å². The number of carbonyl (C=O) groups excluding carboxylic acids is 3. The Kier molecular flexibility index (Phi) is 7.90. The Labute approximate surface area is 174 Å². The number of benzene rings is 1. The molecular weight excluding hydrogens is 419 g/mol. The summed E-state index contributed by atoms with van der Waals surface area (Å²) in [6.45, 7) is 2.15. The Morgan fingerprint density at radius 1 is 1.23 bits per heavy atom. The number of hydrogen-bond donors (Lipinski definition) is 0. The molecule has 1 aliphatic heterocycles. The number of nitrogens with zero attached hydrogens (tertiary/aromatic N) is 2. The Hall–Kier alpha value is -2.53. The van der Waals surface area contributed by atoms with E-state index in [4.69, 9.17) is 4.74 Å². The highest BCUT2D eigenvalue weighted by molar-refractivity contribution is 7.89. The summed E-state index contributed by atoms with van der Waals surface area (Å²) >= 11 is 0. The lowest BCUT2D eigenvalue weighted by Crippen LogP contribution is -2.45. The van der Waals surface area contributed by atoms with Crippen molar-refractivity contribution in [2.24, 2.45) is 5.92 Å². The van der Waals surface area contributed by atoms with Crippen molar-refractivity contribution in [1.29, 1.82) is 0 Å². The summed E-state index contributed by atoms with van der Waals surface area (Å²) in [7, 11) is -2.01. The molecule has 30 heavy (non-hydrogen) atoms. The second kappa shape index (κ2) is 9.98. The van der Waals surface area contributed by atoms with Crippen molar-refractivity contribution in [3.63, 3.8) is 0 Å². The lowest BCUT2D eigenvalue weighted by atomic mass is 9.97. The summed E-state index contributed by atoms with van der Waals surface area (Å²) in [5.74, 6) is -2.82. The van der Waals surface area contributed by atoms with Crippen LogP contribution in [-0.2, 0) is 29.1 Å². The van der Waals surface area contributed by atoms with E-state index in [0.29, 0.717) is 25.9 Å². The zero-order chi connectivity index (χ0) is 22.5. The summed E-state index contributed by atoms with van der Waals surface area (Å²) in [6, 6.07) is 2.65. The van der Waals surface area contributed by atoms with Crippen LogP contribution in [0.25, 0.3) is 0 Å². The first-order valence-electron chi connectivity index (χ1n) is 9.40. The molecule has 0 aromatic heterocycles. The van der Waals surface area contributed by atoms with E-state index in [0.717, 1.165) is 29.6 Å². The van der Waals surface area contributed by atoms with E-state index in [1.165, 1.54) is 11.9 Å². The molecule has 0 bridgehead atoms. The van der Waals surface area contributed by atoms with E-state index in [1.54, 1.807) is 6.92 Å². The van der Waals surface area contributed by atoms with Crippen LogP contribution in [0.1, 0.15) is 30.1 Å². The van der Waals surface area contributed by atoms with Crippen molar-refractivity contribution in [2.45, 2.75) is 24.7 Å². The summed E-state index contributed by atoms with van der Waals surface area (Å²) < 4.78 is 49.6. The quantitative estimate of drug-likeness (QED) is 0.578. The van der Waals surface area contributed by atoms with Gasteiger partial charge in [-0.15, -0.1) is 0 Å². The van der Waals surface area contributed by atoms with Crippen molar-refractivity contribution >= 4 is 27.9 Å². The number of methoxy groups -OCH3 is 1. The summed E-state index contributed by atoms with van der Waals surface area (Å²) in [4.78, 5) is 37.3. The third-order valence-electron chi connectivity index (χ3n) is 4.86. The fourth-order valence-corrected chi connectivity index (χ4v) is 4.44. The fourth-order valence-electron chi connectivity index (χ4n) is 3.16. The van der Waals surface area contributed by atoms with Crippen molar-refractivity contribution in [3.05, 3.63) is 29.6 Å². The number of carbonyl (C=O) groups is 3. The van der Waals surface area contributed by atoms with Gasteiger partial charge in [-0.3, -0.25) is 9.59 Å². The van der Waals surface area contributed by atoms with E-state index in [1.807, 2.05) is 0 Å². The highest BCUT2D eigenvalue weighted by atomic mass is 32.2. The molecule has 11 heteroatoms. The normalized spacial score (nSPS) is 15.2. The third-order valence-corrected chi connectivity index (χ3v) is 6.72. The number of piperidine rings is 1. The van der Waals surface area contributed by atoms with Crippen molar-refractivity contribution < 1.29 is 36.7 Å². The van der Waals surface area contributed by atoms with Gasteiger partial charge >= 0.3 is 11.9 Å². The predicted octanol–water partition coefficient (Wildman–Crippen LogP) is 1.03. The summed E-state index contributed by atoms with van der Waals surface area (Å²) in [6.07, 6.45) is 0.872. The Morgan fingerprint density at radius 2 is 1.87 bits per heavy atom. The van der Waals surface area contributed by atoms with Crippen LogP contribution >= 0.6 is 0 Å². The van der Waals surface area contributed by atoms with Gasteiger partial charge in [0, 0.05) is 20.1 Å². The first-order chi connectivity index (χ1) is 14.1. The highest BCUT2D eigenvalue weighted by Crippen LogP contribution is 2.23. The minimum Gasteiger partial charge on any atom is -0.466 e. The second-order valence-electron chi connectivity index (χ2n) is 6.80. The molecule has 0 atom stereocenters. The summed E-state index contributed by atoms with van der Waals surface area (Å²) in [5.41, 5.74) is -0.452. The van der Waals surface area contributed by atoms with Crippen LogP contribution in [0, 0.1) is 11.7 Å². The van der Waals surface area contributed by atoms with Gasteiger partial charge in [0.25, 0.3) is 0 Å². The monoisotopic (exact) mass is 444 g/mol. The maximum atomic E-state index is 13.5. The number of likely N-dealkylation sites (tertiary alicyclic amines) is 1. The Balaban J connectivity index is 2.09. The average Bonchev–Trinajstić information content (AvgIpc) is 2.73. The van der Waals surface area contributed by atoms with Gasteiger partial charge in [-0.25, -0.2) is 17.6 Å². The highest BCUT2D eigenvalue weighted by Gasteiger charge is 2.32. The molecule has 0 unspecified atom stereocenters. The van der Waals surface area contributed by atoms with Gasteiger partial charge < -0.3 is 14.4 Å². The van der Waals surface area contributed by atoms with Gasteiger partial charge in [-0.2, -0.15) is 4.31 Å². The van der Waals surface area contributed by atoms with Gasteiger partial charge in [0.1, 0.15) is 5.82 Å². The number of halogens is 1. The van der Waals surface area contributed by atoms with E-state index < -0.39 is 44.7 Å². The van der Waals surface area contributed by atoms with Gasteiger partial charge in [0.15, 0.2) is 0 Å². The zero-order valence-corrected chi connectivity index (χ0v) is 17.9. The molecule has 1 heterocycles. The number of sulfonamides is 1. The Morgan fingerprint density at radius 3 is 2.43 bits per heavy atom. The van der Waals surface area contributed by atoms with Crippen molar-refractivity contribution in [3.8, 4) is 0 Å². The first-order valence-corrected chi connectivity index (χ1v) is 10.8. The summed E-state index contributed by atoms with van der Waals surface area (Å²) in [5, 5.41) is 0. The van der Waals surface area contributed by atoms with E-state index in [-0.39, 0.29) is 18.5 Å². The smallest absolute Gasteiger partial charge is 0.339 e. The molecular formula is C19H25FN2O7S. The lowest BCUT2D eigenvalue weighted by Gasteiger charge is -2.32. The molecule has 0 saturated carbocycles. The van der Waals surface area contributed by atoms with Crippen molar-refractivity contribution in [2.75, 3.05) is 40.4 Å². The molecule has 2 rings (SSSR count). The van der Waals surface area contributed by atoms with Gasteiger partial charge in [0.05, 0.1) is 36.6 Å². The van der Waals surface area contributed by atoms with Crippen LogP contribution in [0.15, 0.2) is 23.1 Å². The maximum absolute atomic E-state index is 13.5.